The van der Waals surface area contributed by atoms with Crippen LogP contribution in [0.3, 0.4) is 0 Å². The molecule has 5 unspecified atom stereocenters. The third-order valence-electron chi connectivity index (χ3n) is 4.91. The molecule has 27 heavy (non-hydrogen) atoms. The summed E-state index contributed by atoms with van der Waals surface area (Å²) in [7, 11) is 0. The highest BCUT2D eigenvalue weighted by atomic mass is 32.2. The quantitative estimate of drug-likeness (QED) is 0.242. The van der Waals surface area contributed by atoms with Crippen molar-refractivity contribution in [3.8, 4) is 0 Å². The first-order valence-electron chi connectivity index (χ1n) is 9.81. The van der Waals surface area contributed by atoms with Crippen molar-refractivity contribution >= 4 is 24.6 Å². The van der Waals surface area contributed by atoms with Crippen LogP contribution in [0, 0.1) is 0 Å². The number of rotatable bonds is 14. The Balaban J connectivity index is 2.28. The lowest BCUT2D eigenvalue weighted by molar-refractivity contribution is -0.0399. The van der Waals surface area contributed by atoms with Gasteiger partial charge in [-0.1, -0.05) is 19.8 Å². The maximum Gasteiger partial charge on any atom is 0.159 e. The van der Waals surface area contributed by atoms with Crippen LogP contribution in [0.5, 0.6) is 0 Å². The minimum Gasteiger partial charge on any atom is -0.393 e. The van der Waals surface area contributed by atoms with Crippen LogP contribution in [0.25, 0.3) is 0 Å². The Labute approximate surface area is 172 Å². The predicted octanol–water partition coefficient (Wildman–Crippen LogP) is 3.86. The fourth-order valence-electron chi connectivity index (χ4n) is 3.36. The Morgan fingerprint density at radius 3 is 2.63 bits per heavy atom. The van der Waals surface area contributed by atoms with E-state index in [2.05, 4.69) is 0 Å². The van der Waals surface area contributed by atoms with Gasteiger partial charge in [0.2, 0.25) is 0 Å². The van der Waals surface area contributed by atoms with Crippen LogP contribution in [-0.2, 0) is 12.5 Å². The second-order valence-electron chi connectivity index (χ2n) is 7.80. The van der Waals surface area contributed by atoms with E-state index in [4.69, 9.17) is 17.1 Å². The first-order valence-corrected chi connectivity index (χ1v) is 11.2. The Bertz CT molecular complexity index is 385. The highest BCUT2D eigenvalue weighted by molar-refractivity contribution is 7.90. The number of hydrogen-bond acceptors (Lipinski definition) is 9. The molecule has 1 aliphatic heterocycles. The average Bonchev–Trinajstić information content (AvgIpc) is 2.61. The summed E-state index contributed by atoms with van der Waals surface area (Å²) >= 11 is 1.37. The molecule has 7 nitrogen and oxygen atoms in total. The Morgan fingerprint density at radius 1 is 1.26 bits per heavy atom. The highest BCUT2D eigenvalue weighted by Gasteiger charge is 2.32. The van der Waals surface area contributed by atoms with Gasteiger partial charge in [0.1, 0.15) is 6.10 Å². The molecule has 0 bridgehead atoms. The first kappa shape index (κ1) is 25.5. The number of aliphatic hydroxyl groups is 3. The van der Waals surface area contributed by atoms with Gasteiger partial charge in [0, 0.05) is 12.8 Å². The van der Waals surface area contributed by atoms with E-state index in [0.717, 1.165) is 44.4 Å². The van der Waals surface area contributed by atoms with E-state index in [1.165, 1.54) is 0 Å². The van der Waals surface area contributed by atoms with Crippen LogP contribution < -0.4 is 0 Å². The summed E-state index contributed by atoms with van der Waals surface area (Å²) in [6.45, 7) is 5.35. The molecule has 1 rings (SSSR count). The molecule has 0 aliphatic carbocycles. The van der Waals surface area contributed by atoms with Crippen LogP contribution in [-0.4, -0.2) is 56.0 Å². The van der Waals surface area contributed by atoms with Crippen LogP contribution in [0.1, 0.15) is 78.6 Å². The van der Waals surface area contributed by atoms with Crippen molar-refractivity contribution < 1.29 is 32.4 Å². The average molecular weight is 429 g/mol. The Hall–Kier alpha value is 0.420. The molecule has 1 saturated heterocycles. The summed E-state index contributed by atoms with van der Waals surface area (Å²) in [6, 6.07) is 0. The van der Waals surface area contributed by atoms with E-state index in [-0.39, 0.29) is 24.7 Å². The summed E-state index contributed by atoms with van der Waals surface area (Å²) in [5.41, 5.74) is -1.00. The number of unbranched alkanes of at least 4 members (excludes halogenated alkanes) is 1. The van der Waals surface area contributed by atoms with Gasteiger partial charge in [-0.2, -0.15) is 0 Å². The lowest BCUT2D eigenvalue weighted by Crippen LogP contribution is -2.37. The van der Waals surface area contributed by atoms with Gasteiger partial charge < -0.3 is 19.9 Å². The molecule has 4 N–H and O–H groups in total. The maximum absolute atomic E-state index is 10.4. The summed E-state index contributed by atoms with van der Waals surface area (Å²) in [4.78, 5) is 0. The van der Waals surface area contributed by atoms with Crippen molar-refractivity contribution in [3.05, 3.63) is 0 Å². The van der Waals surface area contributed by atoms with Crippen LogP contribution in [0.4, 0.5) is 0 Å². The van der Waals surface area contributed by atoms with E-state index in [1.54, 1.807) is 13.8 Å². The third-order valence-corrected chi connectivity index (χ3v) is 5.95. The van der Waals surface area contributed by atoms with Gasteiger partial charge in [0.25, 0.3) is 0 Å². The SMILES string of the molecule is CCC(CCCC[C@H]1CC(C(O)CCC(C)(O)CC(C)O)OSO1)OSO. The minimum absolute atomic E-state index is 0.0228. The molecule has 1 fully saturated rings. The van der Waals surface area contributed by atoms with E-state index in [9.17, 15) is 15.3 Å². The van der Waals surface area contributed by atoms with E-state index < -0.39 is 17.8 Å². The third kappa shape index (κ3) is 11.3. The lowest BCUT2D eigenvalue weighted by Gasteiger charge is -2.32. The molecule has 1 heterocycles. The summed E-state index contributed by atoms with van der Waals surface area (Å²) in [5.74, 6) is 0. The van der Waals surface area contributed by atoms with Gasteiger partial charge >= 0.3 is 0 Å². The molecule has 0 amide bonds. The summed E-state index contributed by atoms with van der Waals surface area (Å²) in [5, 5.41) is 30.1. The largest absolute Gasteiger partial charge is 0.393 e. The van der Waals surface area contributed by atoms with Crippen LogP contribution >= 0.6 is 24.6 Å². The molecular formula is C18H36O7S2. The fourth-order valence-corrected chi connectivity index (χ4v) is 4.35. The van der Waals surface area contributed by atoms with Crippen molar-refractivity contribution in [2.24, 2.45) is 0 Å². The van der Waals surface area contributed by atoms with Gasteiger partial charge in [-0.3, -0.25) is 12.5 Å². The minimum atomic E-state index is -1.00. The van der Waals surface area contributed by atoms with Crippen molar-refractivity contribution in [2.75, 3.05) is 0 Å². The molecule has 0 aromatic carbocycles. The van der Waals surface area contributed by atoms with E-state index in [0.29, 0.717) is 31.6 Å². The molecule has 1 aliphatic rings. The molecule has 162 valence electrons. The van der Waals surface area contributed by atoms with E-state index in [1.807, 2.05) is 6.92 Å². The predicted molar refractivity (Wildman–Crippen MR) is 108 cm³/mol. The molecular weight excluding hydrogens is 392 g/mol. The van der Waals surface area contributed by atoms with Crippen molar-refractivity contribution in [1.29, 1.82) is 0 Å². The lowest BCUT2D eigenvalue weighted by atomic mass is 9.90. The first-order chi connectivity index (χ1) is 12.8. The molecule has 0 aromatic heterocycles. The number of aliphatic hydroxyl groups excluding tert-OH is 2. The summed E-state index contributed by atoms with van der Waals surface area (Å²) < 4.78 is 24.9. The van der Waals surface area contributed by atoms with Crippen molar-refractivity contribution in [3.63, 3.8) is 0 Å². The molecule has 0 saturated carbocycles. The topological polar surface area (TPSA) is 109 Å². The molecule has 0 aromatic rings. The van der Waals surface area contributed by atoms with E-state index >= 15 is 0 Å². The van der Waals surface area contributed by atoms with Crippen LogP contribution in [0.2, 0.25) is 0 Å². The molecule has 0 radical (unpaired) electrons. The summed E-state index contributed by atoms with van der Waals surface area (Å²) in [6.07, 6.45) is 4.81. The van der Waals surface area contributed by atoms with Crippen molar-refractivity contribution in [2.45, 2.75) is 115 Å². The Kier molecular flexibility index (Phi) is 12.8. The normalized spacial score (nSPS) is 26.3. The monoisotopic (exact) mass is 428 g/mol. The van der Waals surface area contributed by atoms with Gasteiger partial charge in [-0.05, 0) is 46.0 Å². The van der Waals surface area contributed by atoms with Crippen LogP contribution in [0.15, 0.2) is 0 Å². The smallest absolute Gasteiger partial charge is 0.159 e. The second kappa shape index (κ2) is 13.6. The number of hydrogen-bond donors (Lipinski definition) is 4. The Morgan fingerprint density at radius 2 is 2.00 bits per heavy atom. The maximum atomic E-state index is 10.4. The molecule has 9 heteroatoms. The van der Waals surface area contributed by atoms with Gasteiger partial charge in [-0.15, -0.1) is 0 Å². The second-order valence-corrected chi connectivity index (χ2v) is 8.66. The zero-order valence-corrected chi connectivity index (χ0v) is 18.2. The highest BCUT2D eigenvalue weighted by Crippen LogP contribution is 2.31. The fraction of sp³-hybridized carbons (Fsp3) is 1.00. The van der Waals surface area contributed by atoms with Gasteiger partial charge in [-0.25, -0.2) is 0 Å². The zero-order valence-electron chi connectivity index (χ0n) is 16.6. The zero-order chi connectivity index (χ0) is 20.3. The standard InChI is InChI=1S/C18H36O7S2/c1-4-14(23-26-22)7-5-6-8-15-11-17(25-27-24-15)16(20)9-10-18(3,21)12-13(2)19/h13-17,19-22H,4-12H2,1-3H3/t13?,14?,15-,16?,17?,18?/m0/s1. The van der Waals surface area contributed by atoms with Crippen molar-refractivity contribution in [1.82, 2.24) is 0 Å². The molecule has 0 spiro atoms. The van der Waals surface area contributed by atoms with Gasteiger partial charge in [0.15, 0.2) is 24.6 Å². The molecule has 6 atom stereocenters. The van der Waals surface area contributed by atoms with Gasteiger partial charge in [0.05, 0.1) is 30.0 Å².